The quantitative estimate of drug-likeness (QED) is 0.698. The van der Waals surface area contributed by atoms with E-state index in [1.807, 2.05) is 11.3 Å². The molecule has 0 saturated carbocycles. The van der Waals surface area contributed by atoms with Crippen molar-refractivity contribution in [3.63, 3.8) is 0 Å². The summed E-state index contributed by atoms with van der Waals surface area (Å²) in [4.78, 5) is 1.42. The molecule has 0 fully saturated rings. The number of aryl methyl sites for hydroxylation is 1. The van der Waals surface area contributed by atoms with Crippen molar-refractivity contribution >= 4 is 27.3 Å². The van der Waals surface area contributed by atoms with Gasteiger partial charge in [-0.2, -0.15) is 0 Å². The first kappa shape index (κ1) is 16.7. The third kappa shape index (κ3) is 5.55. The summed E-state index contributed by atoms with van der Waals surface area (Å²) < 4.78 is 6.31. The van der Waals surface area contributed by atoms with E-state index in [-0.39, 0.29) is 0 Å². The minimum Gasteiger partial charge on any atom is -0.383 e. The van der Waals surface area contributed by atoms with E-state index in [1.165, 1.54) is 19.8 Å². The van der Waals surface area contributed by atoms with Gasteiger partial charge in [0, 0.05) is 31.0 Å². The van der Waals surface area contributed by atoms with Gasteiger partial charge in [0.05, 0.1) is 10.4 Å². The predicted octanol–water partition coefficient (Wildman–Crippen LogP) is 4.38. The van der Waals surface area contributed by atoms with Crippen LogP contribution < -0.4 is 5.32 Å². The first-order valence-electron chi connectivity index (χ1n) is 7.19. The van der Waals surface area contributed by atoms with Crippen LogP contribution in [0, 0.1) is 6.92 Å². The molecule has 2 rings (SSSR count). The van der Waals surface area contributed by atoms with Crippen molar-refractivity contribution in [1.29, 1.82) is 0 Å². The molecular weight excluding hydrogens is 346 g/mol. The summed E-state index contributed by atoms with van der Waals surface area (Å²) in [5, 5.41) is 3.50. The van der Waals surface area contributed by atoms with Crippen LogP contribution in [0.5, 0.6) is 0 Å². The highest BCUT2D eigenvalue weighted by Crippen LogP contribution is 2.28. The van der Waals surface area contributed by atoms with Crippen molar-refractivity contribution in [2.45, 2.75) is 19.3 Å². The monoisotopic (exact) mass is 367 g/mol. The van der Waals surface area contributed by atoms with E-state index in [2.05, 4.69) is 64.6 Å². The molecule has 0 aliphatic rings. The molecule has 2 aromatic rings. The van der Waals surface area contributed by atoms with Crippen molar-refractivity contribution in [2.24, 2.45) is 0 Å². The van der Waals surface area contributed by atoms with Gasteiger partial charge in [-0.1, -0.05) is 29.8 Å². The number of halogens is 1. The lowest BCUT2D eigenvalue weighted by molar-refractivity contribution is 0.199. The van der Waals surface area contributed by atoms with Gasteiger partial charge in [0.2, 0.25) is 0 Å². The van der Waals surface area contributed by atoms with Crippen LogP contribution in [0.2, 0.25) is 0 Å². The summed E-state index contributed by atoms with van der Waals surface area (Å²) in [5.74, 6) is 0.493. The maximum Gasteiger partial charge on any atom is 0.0701 e. The average molecular weight is 368 g/mol. The molecule has 1 atom stereocenters. The van der Waals surface area contributed by atoms with Crippen LogP contribution >= 0.6 is 27.3 Å². The Balaban J connectivity index is 2.06. The number of benzene rings is 1. The smallest absolute Gasteiger partial charge is 0.0701 e. The number of methoxy groups -OCH3 is 1. The maximum absolute atomic E-state index is 5.10. The van der Waals surface area contributed by atoms with Crippen LogP contribution in [0.15, 0.2) is 40.2 Å². The van der Waals surface area contributed by atoms with E-state index >= 15 is 0 Å². The lowest BCUT2D eigenvalue weighted by Gasteiger charge is -2.18. The van der Waals surface area contributed by atoms with Crippen molar-refractivity contribution in [2.75, 3.05) is 26.8 Å². The summed E-state index contributed by atoms with van der Waals surface area (Å²) in [6.45, 7) is 4.78. The van der Waals surface area contributed by atoms with Crippen molar-refractivity contribution in [3.05, 3.63) is 56.2 Å². The van der Waals surface area contributed by atoms with Gasteiger partial charge in [-0.05, 0) is 47.0 Å². The molecule has 1 heterocycles. The topological polar surface area (TPSA) is 21.3 Å². The molecule has 21 heavy (non-hydrogen) atoms. The van der Waals surface area contributed by atoms with Crippen LogP contribution in [0.1, 0.15) is 21.9 Å². The van der Waals surface area contributed by atoms with Gasteiger partial charge in [-0.25, -0.2) is 0 Å². The van der Waals surface area contributed by atoms with E-state index in [0.717, 1.165) is 26.1 Å². The highest BCUT2D eigenvalue weighted by Gasteiger charge is 2.13. The summed E-state index contributed by atoms with van der Waals surface area (Å²) >= 11 is 5.37. The third-order valence-electron chi connectivity index (χ3n) is 3.46. The molecule has 1 N–H and O–H groups in total. The highest BCUT2D eigenvalue weighted by atomic mass is 79.9. The standard InChI is InChI=1S/C17H22BrNOS/c1-13-4-3-5-14(10-13)15(12-19-8-9-20-2)11-16-6-7-17(18)21-16/h3-7,10,15,19H,8-9,11-12H2,1-2H3. The van der Waals surface area contributed by atoms with E-state index in [9.17, 15) is 0 Å². The zero-order valence-corrected chi connectivity index (χ0v) is 15.0. The average Bonchev–Trinajstić information content (AvgIpc) is 2.87. The fraction of sp³-hybridized carbons (Fsp3) is 0.412. The SMILES string of the molecule is COCCNCC(Cc1ccc(Br)s1)c1cccc(C)c1. The van der Waals surface area contributed by atoms with Gasteiger partial charge in [-0.3, -0.25) is 0 Å². The first-order valence-corrected chi connectivity index (χ1v) is 8.80. The van der Waals surface area contributed by atoms with Gasteiger partial charge in [0.1, 0.15) is 0 Å². The molecule has 0 amide bonds. The fourth-order valence-electron chi connectivity index (χ4n) is 2.39. The number of rotatable bonds is 8. The van der Waals surface area contributed by atoms with Crippen molar-refractivity contribution < 1.29 is 4.74 Å². The Morgan fingerprint density at radius 1 is 1.29 bits per heavy atom. The Hall–Kier alpha value is -0.680. The molecule has 114 valence electrons. The van der Waals surface area contributed by atoms with E-state index < -0.39 is 0 Å². The Kier molecular flexibility index (Phi) is 6.90. The van der Waals surface area contributed by atoms with Crippen LogP contribution in [0.3, 0.4) is 0 Å². The Morgan fingerprint density at radius 3 is 2.81 bits per heavy atom. The van der Waals surface area contributed by atoms with Gasteiger partial charge < -0.3 is 10.1 Å². The number of hydrogen-bond donors (Lipinski definition) is 1. The Bertz CT molecular complexity index is 555. The molecule has 0 radical (unpaired) electrons. The molecule has 0 aliphatic carbocycles. The van der Waals surface area contributed by atoms with Crippen LogP contribution in [-0.4, -0.2) is 26.8 Å². The molecule has 1 aromatic carbocycles. The molecule has 4 heteroatoms. The summed E-state index contributed by atoms with van der Waals surface area (Å²) in [6.07, 6.45) is 1.07. The molecule has 0 saturated heterocycles. The first-order chi connectivity index (χ1) is 10.2. The minimum absolute atomic E-state index is 0.493. The van der Waals surface area contributed by atoms with Crippen LogP contribution in [-0.2, 0) is 11.2 Å². The number of ether oxygens (including phenoxy) is 1. The second-order valence-electron chi connectivity index (χ2n) is 5.22. The van der Waals surface area contributed by atoms with E-state index in [0.29, 0.717) is 5.92 Å². The van der Waals surface area contributed by atoms with E-state index in [4.69, 9.17) is 4.74 Å². The predicted molar refractivity (Wildman–Crippen MR) is 94.4 cm³/mol. The number of nitrogens with one attached hydrogen (secondary N) is 1. The summed E-state index contributed by atoms with van der Waals surface area (Å²) in [6, 6.07) is 13.2. The lowest BCUT2D eigenvalue weighted by Crippen LogP contribution is -2.26. The fourth-order valence-corrected chi connectivity index (χ4v) is 3.95. The summed E-state index contributed by atoms with van der Waals surface area (Å²) in [5.41, 5.74) is 2.73. The zero-order valence-electron chi connectivity index (χ0n) is 12.6. The van der Waals surface area contributed by atoms with Gasteiger partial charge in [0.25, 0.3) is 0 Å². The Labute approximate surface area is 139 Å². The lowest BCUT2D eigenvalue weighted by atomic mass is 9.93. The second-order valence-corrected chi connectivity index (χ2v) is 7.77. The van der Waals surface area contributed by atoms with Crippen molar-refractivity contribution in [3.8, 4) is 0 Å². The molecule has 0 bridgehead atoms. The van der Waals surface area contributed by atoms with E-state index in [1.54, 1.807) is 7.11 Å². The normalized spacial score (nSPS) is 12.5. The summed E-state index contributed by atoms with van der Waals surface area (Å²) in [7, 11) is 1.74. The molecule has 1 aromatic heterocycles. The largest absolute Gasteiger partial charge is 0.383 e. The number of thiophene rings is 1. The van der Waals surface area contributed by atoms with Gasteiger partial charge >= 0.3 is 0 Å². The minimum atomic E-state index is 0.493. The number of hydrogen-bond acceptors (Lipinski definition) is 3. The van der Waals surface area contributed by atoms with Crippen molar-refractivity contribution in [1.82, 2.24) is 5.32 Å². The molecule has 1 unspecified atom stereocenters. The molecule has 0 spiro atoms. The maximum atomic E-state index is 5.10. The van der Waals surface area contributed by atoms with Crippen LogP contribution in [0.25, 0.3) is 0 Å². The highest BCUT2D eigenvalue weighted by molar-refractivity contribution is 9.11. The van der Waals surface area contributed by atoms with Crippen LogP contribution in [0.4, 0.5) is 0 Å². The van der Waals surface area contributed by atoms with Gasteiger partial charge in [0.15, 0.2) is 0 Å². The second kappa shape index (κ2) is 8.69. The molecule has 2 nitrogen and oxygen atoms in total. The van der Waals surface area contributed by atoms with Gasteiger partial charge in [-0.15, -0.1) is 11.3 Å². The zero-order chi connectivity index (χ0) is 15.1. The third-order valence-corrected chi connectivity index (χ3v) is 5.11. The molecular formula is C17H22BrNOS. The Morgan fingerprint density at radius 2 is 2.14 bits per heavy atom. The molecule has 0 aliphatic heterocycles.